The molecule has 3 heterocycles. The average molecular weight is 437 g/mol. The lowest BCUT2D eigenvalue weighted by Crippen LogP contribution is -2.51. The van der Waals surface area contributed by atoms with Crippen molar-refractivity contribution in [1.82, 2.24) is 9.80 Å². The number of piperidine rings is 1. The molecule has 32 heavy (non-hydrogen) atoms. The summed E-state index contributed by atoms with van der Waals surface area (Å²) in [6, 6.07) is 14.7. The van der Waals surface area contributed by atoms with Crippen LogP contribution in [0.4, 0.5) is 0 Å². The van der Waals surface area contributed by atoms with Gasteiger partial charge in [0.2, 0.25) is 5.91 Å². The lowest BCUT2D eigenvalue weighted by molar-refractivity contribution is -0.188. The molecule has 0 bridgehead atoms. The second kappa shape index (κ2) is 8.22. The number of likely N-dealkylation sites (tertiary alicyclic amines) is 1. The van der Waals surface area contributed by atoms with Crippen LogP contribution < -0.4 is 4.74 Å². The predicted octanol–water partition coefficient (Wildman–Crippen LogP) is 2.97. The molecule has 5 rings (SSSR count). The van der Waals surface area contributed by atoms with Gasteiger partial charge in [-0.2, -0.15) is 0 Å². The van der Waals surface area contributed by atoms with Gasteiger partial charge in [-0.05, 0) is 29.3 Å². The molecule has 2 fully saturated rings. The monoisotopic (exact) mass is 436 g/mol. The first-order chi connectivity index (χ1) is 15.5. The van der Waals surface area contributed by atoms with Gasteiger partial charge in [-0.15, -0.1) is 0 Å². The molecule has 3 aliphatic heterocycles. The van der Waals surface area contributed by atoms with Crippen molar-refractivity contribution < 1.29 is 23.8 Å². The molecule has 2 amide bonds. The summed E-state index contributed by atoms with van der Waals surface area (Å²) in [6.07, 6.45) is 1.32. The minimum Gasteiger partial charge on any atom is -0.497 e. The number of nitrogens with zero attached hydrogens (tertiary/aromatic N) is 2. The maximum absolute atomic E-state index is 14.0. The number of rotatable bonds is 3. The van der Waals surface area contributed by atoms with Crippen LogP contribution in [0.15, 0.2) is 48.5 Å². The van der Waals surface area contributed by atoms with E-state index in [9.17, 15) is 9.59 Å². The molecule has 2 unspecified atom stereocenters. The minimum atomic E-state index is -0.538. The number of carbonyl (C=O) groups is 2. The highest BCUT2D eigenvalue weighted by Crippen LogP contribution is 2.44. The van der Waals surface area contributed by atoms with Gasteiger partial charge in [0.25, 0.3) is 5.91 Å². The van der Waals surface area contributed by atoms with E-state index in [1.807, 2.05) is 53.4 Å². The summed E-state index contributed by atoms with van der Waals surface area (Å²) in [6.45, 7) is 2.36. The molecule has 0 saturated carbocycles. The van der Waals surface area contributed by atoms with E-state index in [0.717, 1.165) is 16.9 Å². The summed E-state index contributed by atoms with van der Waals surface area (Å²) < 4.78 is 17.0. The topological polar surface area (TPSA) is 68.3 Å². The largest absolute Gasteiger partial charge is 0.497 e. The van der Waals surface area contributed by atoms with Gasteiger partial charge in [0.05, 0.1) is 32.3 Å². The SMILES string of the molecule is COc1ccc(C2C(C(=O)N3CCC4(CC3)OCCO4)c3ccccc3C(=O)N2C)cc1. The van der Waals surface area contributed by atoms with Gasteiger partial charge >= 0.3 is 0 Å². The summed E-state index contributed by atoms with van der Waals surface area (Å²) in [4.78, 5) is 30.7. The van der Waals surface area contributed by atoms with Crippen LogP contribution in [0.5, 0.6) is 5.75 Å². The maximum Gasteiger partial charge on any atom is 0.254 e. The molecule has 7 heteroatoms. The average Bonchev–Trinajstić information content (AvgIpc) is 3.29. The molecular weight excluding hydrogens is 408 g/mol. The molecule has 2 saturated heterocycles. The number of methoxy groups -OCH3 is 1. The first-order valence-corrected chi connectivity index (χ1v) is 11.1. The van der Waals surface area contributed by atoms with Crippen molar-refractivity contribution in [3.05, 3.63) is 65.2 Å². The summed E-state index contributed by atoms with van der Waals surface area (Å²) in [5.41, 5.74) is 2.29. The van der Waals surface area contributed by atoms with Gasteiger partial charge in [-0.1, -0.05) is 30.3 Å². The quantitative estimate of drug-likeness (QED) is 0.740. The van der Waals surface area contributed by atoms with E-state index in [1.54, 1.807) is 19.1 Å². The summed E-state index contributed by atoms with van der Waals surface area (Å²) in [7, 11) is 3.40. The Kier molecular flexibility index (Phi) is 5.39. The predicted molar refractivity (Wildman–Crippen MR) is 117 cm³/mol. The lowest BCUT2D eigenvalue weighted by atomic mass is 9.79. The molecule has 2 aromatic rings. The third kappa shape index (κ3) is 3.45. The Bertz CT molecular complexity index is 1010. The lowest BCUT2D eigenvalue weighted by Gasteiger charge is -2.44. The van der Waals surface area contributed by atoms with E-state index in [0.29, 0.717) is 44.7 Å². The molecule has 3 aliphatic rings. The zero-order valence-corrected chi connectivity index (χ0v) is 18.5. The van der Waals surface area contributed by atoms with Crippen LogP contribution in [0.1, 0.15) is 46.3 Å². The third-order valence-electron chi connectivity index (χ3n) is 6.95. The van der Waals surface area contributed by atoms with Gasteiger partial charge in [0.1, 0.15) is 5.75 Å². The molecule has 1 spiro atoms. The maximum atomic E-state index is 14.0. The Morgan fingerprint density at radius 1 is 1.03 bits per heavy atom. The molecule has 0 aromatic heterocycles. The second-order valence-electron chi connectivity index (χ2n) is 8.63. The second-order valence-corrected chi connectivity index (χ2v) is 8.63. The molecule has 0 aliphatic carbocycles. The van der Waals surface area contributed by atoms with Gasteiger partial charge < -0.3 is 24.0 Å². The van der Waals surface area contributed by atoms with E-state index in [-0.39, 0.29) is 11.8 Å². The van der Waals surface area contributed by atoms with E-state index >= 15 is 0 Å². The highest BCUT2D eigenvalue weighted by atomic mass is 16.7. The van der Waals surface area contributed by atoms with Crippen LogP contribution in [-0.4, -0.2) is 67.9 Å². The molecule has 2 aromatic carbocycles. The Morgan fingerprint density at radius 3 is 2.34 bits per heavy atom. The van der Waals surface area contributed by atoms with Crippen LogP contribution in [-0.2, 0) is 14.3 Å². The van der Waals surface area contributed by atoms with E-state index < -0.39 is 17.7 Å². The van der Waals surface area contributed by atoms with Crippen LogP contribution >= 0.6 is 0 Å². The molecular formula is C25H28N2O5. The standard InChI is InChI=1S/C25H28N2O5/c1-26-22(17-7-9-18(30-2)10-8-17)21(19-5-3-4-6-20(19)23(26)28)24(29)27-13-11-25(12-14-27)31-15-16-32-25/h3-10,21-22H,11-16H2,1-2H3. The Balaban J connectivity index is 1.50. The third-order valence-corrected chi connectivity index (χ3v) is 6.95. The summed E-state index contributed by atoms with van der Waals surface area (Å²) >= 11 is 0. The number of fused-ring (bicyclic) bond motifs is 1. The summed E-state index contributed by atoms with van der Waals surface area (Å²) in [5.74, 6) is -0.327. The van der Waals surface area contributed by atoms with Crippen LogP contribution in [0.3, 0.4) is 0 Å². The minimum absolute atomic E-state index is 0.0328. The number of carbonyl (C=O) groups excluding carboxylic acids is 2. The number of ether oxygens (including phenoxy) is 3. The number of benzene rings is 2. The van der Waals surface area contributed by atoms with E-state index in [4.69, 9.17) is 14.2 Å². The highest BCUT2D eigenvalue weighted by molar-refractivity contribution is 6.01. The molecule has 0 radical (unpaired) electrons. The number of amides is 2. The molecule has 0 N–H and O–H groups in total. The Morgan fingerprint density at radius 2 is 1.69 bits per heavy atom. The normalized spacial score (nSPS) is 24.5. The van der Waals surface area contributed by atoms with Crippen molar-refractivity contribution >= 4 is 11.8 Å². The van der Waals surface area contributed by atoms with E-state index in [2.05, 4.69) is 0 Å². The van der Waals surface area contributed by atoms with Crippen LogP contribution in [0.2, 0.25) is 0 Å². The van der Waals surface area contributed by atoms with E-state index in [1.165, 1.54) is 0 Å². The van der Waals surface area contributed by atoms with Crippen molar-refractivity contribution in [3.63, 3.8) is 0 Å². The van der Waals surface area contributed by atoms with Gasteiger partial charge in [0.15, 0.2) is 5.79 Å². The van der Waals surface area contributed by atoms with Crippen molar-refractivity contribution in [2.24, 2.45) is 0 Å². The fraction of sp³-hybridized carbons (Fsp3) is 0.440. The highest BCUT2D eigenvalue weighted by Gasteiger charge is 2.47. The number of hydrogen-bond acceptors (Lipinski definition) is 5. The number of likely N-dealkylation sites (N-methyl/N-ethyl adjacent to an activating group) is 1. The molecule has 2 atom stereocenters. The van der Waals surface area contributed by atoms with Crippen molar-refractivity contribution in [3.8, 4) is 5.75 Å². The molecule has 7 nitrogen and oxygen atoms in total. The molecule has 168 valence electrons. The zero-order valence-electron chi connectivity index (χ0n) is 18.5. The first-order valence-electron chi connectivity index (χ1n) is 11.1. The fourth-order valence-electron chi connectivity index (χ4n) is 5.21. The summed E-state index contributed by atoms with van der Waals surface area (Å²) in [5, 5.41) is 0. The van der Waals surface area contributed by atoms with Crippen LogP contribution in [0, 0.1) is 0 Å². The van der Waals surface area contributed by atoms with Crippen molar-refractivity contribution in [1.29, 1.82) is 0 Å². The van der Waals surface area contributed by atoms with Gasteiger partial charge in [-0.3, -0.25) is 9.59 Å². The van der Waals surface area contributed by atoms with Crippen molar-refractivity contribution in [2.45, 2.75) is 30.6 Å². The van der Waals surface area contributed by atoms with Gasteiger partial charge in [0, 0.05) is 38.5 Å². The number of hydrogen-bond donors (Lipinski definition) is 0. The van der Waals surface area contributed by atoms with Gasteiger partial charge in [-0.25, -0.2) is 0 Å². The Hall–Kier alpha value is -2.90. The van der Waals surface area contributed by atoms with Crippen LogP contribution in [0.25, 0.3) is 0 Å². The first kappa shape index (κ1) is 21.0. The fourth-order valence-corrected chi connectivity index (χ4v) is 5.21. The smallest absolute Gasteiger partial charge is 0.254 e. The Labute approximate surface area is 187 Å². The zero-order chi connectivity index (χ0) is 22.3. The van der Waals surface area contributed by atoms with Crippen molar-refractivity contribution in [2.75, 3.05) is 40.5 Å².